The standard InChI is InChI=1S/C16H19ClN4O.ClH/c1-11-9-18-7-8-20(11)16(22)15-10-21(19-12(15)2)14-5-3-13(17)4-6-14;/h3-6,10-11,18H,7-9H2,1-2H3;1H/t11-;/m1./s1. The fraction of sp³-hybridized carbons (Fsp3) is 0.375. The Morgan fingerprint density at radius 3 is 2.70 bits per heavy atom. The molecule has 3 rings (SSSR count). The van der Waals surface area contributed by atoms with Crippen LogP contribution in [0.5, 0.6) is 0 Å². The van der Waals surface area contributed by atoms with Gasteiger partial charge in [-0.25, -0.2) is 4.68 Å². The monoisotopic (exact) mass is 354 g/mol. The molecule has 1 atom stereocenters. The first-order valence-electron chi connectivity index (χ1n) is 7.40. The first-order chi connectivity index (χ1) is 10.6. The maximum absolute atomic E-state index is 12.8. The smallest absolute Gasteiger partial charge is 0.257 e. The summed E-state index contributed by atoms with van der Waals surface area (Å²) in [5.74, 6) is 0.0479. The number of amides is 1. The highest BCUT2D eigenvalue weighted by molar-refractivity contribution is 6.30. The van der Waals surface area contributed by atoms with Crippen molar-refractivity contribution in [3.05, 3.63) is 46.7 Å². The van der Waals surface area contributed by atoms with Crippen LogP contribution in [-0.2, 0) is 0 Å². The first-order valence-corrected chi connectivity index (χ1v) is 7.78. The zero-order valence-corrected chi connectivity index (χ0v) is 14.7. The second-order valence-electron chi connectivity index (χ2n) is 5.60. The highest BCUT2D eigenvalue weighted by Crippen LogP contribution is 2.17. The molecule has 0 aliphatic carbocycles. The number of nitrogens with zero attached hydrogens (tertiary/aromatic N) is 3. The minimum absolute atomic E-state index is 0. The van der Waals surface area contributed by atoms with E-state index in [2.05, 4.69) is 17.3 Å². The molecule has 1 aromatic heterocycles. The minimum atomic E-state index is 0. The van der Waals surface area contributed by atoms with Crippen LogP contribution < -0.4 is 5.32 Å². The number of aryl methyl sites for hydroxylation is 1. The van der Waals surface area contributed by atoms with Gasteiger partial charge in [0.25, 0.3) is 5.91 Å². The van der Waals surface area contributed by atoms with Gasteiger partial charge in [0.2, 0.25) is 0 Å². The number of nitrogens with one attached hydrogen (secondary N) is 1. The van der Waals surface area contributed by atoms with Crippen molar-refractivity contribution < 1.29 is 4.79 Å². The lowest BCUT2D eigenvalue weighted by molar-refractivity contribution is 0.0655. The third-order valence-corrected chi connectivity index (χ3v) is 4.23. The summed E-state index contributed by atoms with van der Waals surface area (Å²) in [6.07, 6.45) is 1.80. The fourth-order valence-corrected chi connectivity index (χ4v) is 2.82. The molecule has 1 N–H and O–H groups in total. The van der Waals surface area contributed by atoms with Crippen LogP contribution >= 0.6 is 24.0 Å². The number of hydrogen-bond acceptors (Lipinski definition) is 3. The van der Waals surface area contributed by atoms with E-state index in [1.165, 1.54) is 0 Å². The average molecular weight is 355 g/mol. The van der Waals surface area contributed by atoms with E-state index in [0.29, 0.717) is 10.6 Å². The molecule has 1 amide bonds. The number of halogens is 2. The predicted molar refractivity (Wildman–Crippen MR) is 93.9 cm³/mol. The molecule has 1 saturated heterocycles. The third-order valence-electron chi connectivity index (χ3n) is 3.98. The molecule has 124 valence electrons. The molecule has 7 heteroatoms. The summed E-state index contributed by atoms with van der Waals surface area (Å²) in [4.78, 5) is 14.7. The van der Waals surface area contributed by atoms with Crippen LogP contribution in [-0.4, -0.2) is 46.3 Å². The predicted octanol–water partition coefficient (Wildman–Crippen LogP) is 2.69. The van der Waals surface area contributed by atoms with E-state index in [0.717, 1.165) is 31.0 Å². The molecule has 2 heterocycles. The molecular formula is C16H20Cl2N4O. The summed E-state index contributed by atoms with van der Waals surface area (Å²) >= 11 is 5.91. The highest BCUT2D eigenvalue weighted by atomic mass is 35.5. The normalized spacial score (nSPS) is 17.7. The first kappa shape index (κ1) is 17.8. The van der Waals surface area contributed by atoms with Crippen LogP contribution in [0, 0.1) is 6.92 Å². The van der Waals surface area contributed by atoms with Crippen molar-refractivity contribution in [1.29, 1.82) is 0 Å². The Hall–Kier alpha value is -1.56. The van der Waals surface area contributed by atoms with E-state index in [4.69, 9.17) is 11.6 Å². The van der Waals surface area contributed by atoms with Crippen LogP contribution in [0.15, 0.2) is 30.5 Å². The number of rotatable bonds is 2. The molecule has 23 heavy (non-hydrogen) atoms. The van der Waals surface area contributed by atoms with Gasteiger partial charge in [-0.15, -0.1) is 12.4 Å². The molecule has 0 unspecified atom stereocenters. The lowest BCUT2D eigenvalue weighted by Gasteiger charge is -2.33. The number of aromatic nitrogens is 2. The van der Waals surface area contributed by atoms with E-state index in [-0.39, 0.29) is 24.4 Å². The molecule has 0 spiro atoms. The van der Waals surface area contributed by atoms with Crippen molar-refractivity contribution in [2.24, 2.45) is 0 Å². The SMILES string of the molecule is Cc1nn(-c2ccc(Cl)cc2)cc1C(=O)N1CCNC[C@H]1C.Cl. The topological polar surface area (TPSA) is 50.2 Å². The van der Waals surface area contributed by atoms with E-state index in [1.54, 1.807) is 10.9 Å². The number of carbonyl (C=O) groups excluding carboxylic acids is 1. The summed E-state index contributed by atoms with van der Waals surface area (Å²) in [5, 5.41) is 8.44. The number of piperazine rings is 1. The van der Waals surface area contributed by atoms with Crippen LogP contribution in [0.25, 0.3) is 5.69 Å². The molecule has 1 aromatic carbocycles. The average Bonchev–Trinajstić information content (AvgIpc) is 2.90. The van der Waals surface area contributed by atoms with Gasteiger partial charge in [0, 0.05) is 36.9 Å². The van der Waals surface area contributed by atoms with E-state index in [1.807, 2.05) is 36.1 Å². The largest absolute Gasteiger partial charge is 0.333 e. The van der Waals surface area contributed by atoms with Gasteiger partial charge < -0.3 is 10.2 Å². The number of hydrogen-bond donors (Lipinski definition) is 1. The van der Waals surface area contributed by atoms with Crippen LogP contribution in [0.1, 0.15) is 23.0 Å². The summed E-state index contributed by atoms with van der Waals surface area (Å²) in [6, 6.07) is 7.59. The Kier molecular flexibility index (Phi) is 5.68. The quantitative estimate of drug-likeness (QED) is 0.901. The van der Waals surface area contributed by atoms with Crippen molar-refractivity contribution in [2.45, 2.75) is 19.9 Å². The third kappa shape index (κ3) is 3.68. The Morgan fingerprint density at radius 2 is 2.04 bits per heavy atom. The second-order valence-corrected chi connectivity index (χ2v) is 6.04. The van der Waals surface area contributed by atoms with Gasteiger partial charge in [-0.1, -0.05) is 11.6 Å². The van der Waals surface area contributed by atoms with Crippen molar-refractivity contribution in [1.82, 2.24) is 20.0 Å². The van der Waals surface area contributed by atoms with Gasteiger partial charge in [0.15, 0.2) is 0 Å². The van der Waals surface area contributed by atoms with E-state index >= 15 is 0 Å². The molecular weight excluding hydrogens is 335 g/mol. The Bertz CT molecular complexity index is 684. The lowest BCUT2D eigenvalue weighted by atomic mass is 10.1. The van der Waals surface area contributed by atoms with Crippen molar-refractivity contribution in [3.63, 3.8) is 0 Å². The second kappa shape index (κ2) is 7.34. The molecule has 2 aromatic rings. The van der Waals surface area contributed by atoms with Crippen molar-refractivity contribution >= 4 is 29.9 Å². The summed E-state index contributed by atoms with van der Waals surface area (Å²) < 4.78 is 1.73. The van der Waals surface area contributed by atoms with E-state index in [9.17, 15) is 4.79 Å². The van der Waals surface area contributed by atoms with Crippen molar-refractivity contribution in [3.8, 4) is 5.69 Å². The number of carbonyl (C=O) groups is 1. The molecule has 0 radical (unpaired) electrons. The molecule has 5 nitrogen and oxygen atoms in total. The van der Waals surface area contributed by atoms with Crippen LogP contribution in [0.2, 0.25) is 5.02 Å². The molecule has 1 aliphatic rings. The Balaban J connectivity index is 0.00000192. The Labute approximate surface area is 147 Å². The molecule has 0 saturated carbocycles. The molecule has 1 aliphatic heterocycles. The summed E-state index contributed by atoms with van der Waals surface area (Å²) in [7, 11) is 0. The minimum Gasteiger partial charge on any atom is -0.333 e. The van der Waals surface area contributed by atoms with Crippen LogP contribution in [0.3, 0.4) is 0 Å². The summed E-state index contributed by atoms with van der Waals surface area (Å²) in [6.45, 7) is 6.32. The van der Waals surface area contributed by atoms with Crippen molar-refractivity contribution in [2.75, 3.05) is 19.6 Å². The van der Waals surface area contributed by atoms with Crippen LogP contribution in [0.4, 0.5) is 0 Å². The van der Waals surface area contributed by atoms with Gasteiger partial charge in [-0.2, -0.15) is 5.10 Å². The fourth-order valence-electron chi connectivity index (χ4n) is 2.69. The van der Waals surface area contributed by atoms with Gasteiger partial charge in [-0.05, 0) is 38.1 Å². The van der Waals surface area contributed by atoms with E-state index < -0.39 is 0 Å². The van der Waals surface area contributed by atoms with Gasteiger partial charge >= 0.3 is 0 Å². The summed E-state index contributed by atoms with van der Waals surface area (Å²) in [5.41, 5.74) is 2.29. The highest BCUT2D eigenvalue weighted by Gasteiger charge is 2.26. The molecule has 0 bridgehead atoms. The zero-order chi connectivity index (χ0) is 15.7. The van der Waals surface area contributed by atoms with Gasteiger partial charge in [0.05, 0.1) is 16.9 Å². The Morgan fingerprint density at radius 1 is 1.35 bits per heavy atom. The number of benzene rings is 1. The maximum atomic E-state index is 12.8. The van der Waals surface area contributed by atoms with Gasteiger partial charge in [-0.3, -0.25) is 4.79 Å². The lowest BCUT2D eigenvalue weighted by Crippen LogP contribution is -2.52. The molecule has 1 fully saturated rings. The van der Waals surface area contributed by atoms with Gasteiger partial charge in [0.1, 0.15) is 0 Å². The maximum Gasteiger partial charge on any atom is 0.257 e. The zero-order valence-electron chi connectivity index (χ0n) is 13.1.